The van der Waals surface area contributed by atoms with Gasteiger partial charge in [-0.3, -0.25) is 4.79 Å². The number of fused-ring (bicyclic) bond motifs is 1. The summed E-state index contributed by atoms with van der Waals surface area (Å²) in [6.45, 7) is 2.43. The lowest BCUT2D eigenvalue weighted by Crippen LogP contribution is -2.05. The van der Waals surface area contributed by atoms with E-state index in [4.69, 9.17) is 4.74 Å². The van der Waals surface area contributed by atoms with E-state index < -0.39 is 0 Å². The minimum absolute atomic E-state index is 0.00860. The van der Waals surface area contributed by atoms with Crippen LogP contribution in [0.3, 0.4) is 0 Å². The van der Waals surface area contributed by atoms with E-state index in [9.17, 15) is 4.79 Å². The maximum Gasteiger partial charge on any atom is 0.195 e. The van der Waals surface area contributed by atoms with Crippen molar-refractivity contribution in [3.63, 3.8) is 0 Å². The first-order valence-corrected chi connectivity index (χ1v) is 5.74. The summed E-state index contributed by atoms with van der Waals surface area (Å²) in [6.07, 6.45) is 0. The van der Waals surface area contributed by atoms with Crippen LogP contribution >= 0.6 is 22.6 Å². The first kappa shape index (κ1) is 10.5. The highest BCUT2D eigenvalue weighted by Crippen LogP contribution is 2.18. The zero-order chi connectivity index (χ0) is 10.8. The molecule has 1 aromatic heterocycles. The Morgan fingerprint density at radius 1 is 1.47 bits per heavy atom. The van der Waals surface area contributed by atoms with E-state index in [1.54, 1.807) is 0 Å². The highest BCUT2D eigenvalue weighted by atomic mass is 127. The summed E-state index contributed by atoms with van der Waals surface area (Å²) < 4.78 is 6.31. The molecule has 0 aliphatic carbocycles. The minimum Gasteiger partial charge on any atom is -0.479 e. The van der Waals surface area contributed by atoms with Gasteiger partial charge >= 0.3 is 0 Å². The third kappa shape index (κ3) is 1.99. The molecule has 1 aromatic carbocycles. The van der Waals surface area contributed by atoms with E-state index in [0.29, 0.717) is 17.9 Å². The predicted molar refractivity (Wildman–Crippen MR) is 68.5 cm³/mol. The number of ether oxygens (including phenoxy) is 1. The molecule has 0 unspecified atom stereocenters. The van der Waals surface area contributed by atoms with Gasteiger partial charge in [-0.05, 0) is 41.6 Å². The molecule has 1 heterocycles. The fraction of sp³-hybridized carbons (Fsp3) is 0.182. The topological polar surface area (TPSA) is 42.1 Å². The predicted octanol–water partition coefficient (Wildman–Crippen LogP) is 2.53. The summed E-state index contributed by atoms with van der Waals surface area (Å²) in [4.78, 5) is 14.8. The molecule has 0 aliphatic rings. The number of nitrogens with one attached hydrogen (secondary N) is 1. The maximum absolute atomic E-state index is 11.7. The highest BCUT2D eigenvalue weighted by Gasteiger charge is 2.04. The van der Waals surface area contributed by atoms with Crippen molar-refractivity contribution in [1.29, 1.82) is 0 Å². The van der Waals surface area contributed by atoms with Crippen LogP contribution < -0.4 is 10.2 Å². The zero-order valence-corrected chi connectivity index (χ0v) is 10.4. The summed E-state index contributed by atoms with van der Waals surface area (Å²) >= 11 is 2.19. The van der Waals surface area contributed by atoms with E-state index >= 15 is 0 Å². The lowest BCUT2D eigenvalue weighted by molar-refractivity contribution is 0.328. The normalized spacial score (nSPS) is 10.5. The SMILES string of the molecule is CCOc1cc(=O)c2cccc(I)c2[nH]1. The molecule has 0 bridgehead atoms. The first-order chi connectivity index (χ1) is 7.22. The van der Waals surface area contributed by atoms with Crippen molar-refractivity contribution in [2.45, 2.75) is 6.92 Å². The number of rotatable bonds is 2. The molecule has 0 atom stereocenters. The number of pyridine rings is 1. The van der Waals surface area contributed by atoms with E-state index in [1.807, 2.05) is 25.1 Å². The van der Waals surface area contributed by atoms with Crippen LogP contribution in [0.1, 0.15) is 6.92 Å². The van der Waals surface area contributed by atoms with Crippen LogP contribution in [-0.2, 0) is 0 Å². The van der Waals surface area contributed by atoms with Crippen LogP contribution in [-0.4, -0.2) is 11.6 Å². The standard InChI is InChI=1S/C11H10INO2/c1-2-15-10-6-9(14)7-4-3-5-8(12)11(7)13-10/h3-6H,2H2,1H3,(H,13,14). The Bertz CT molecular complexity index is 548. The molecule has 78 valence electrons. The molecule has 0 saturated heterocycles. The largest absolute Gasteiger partial charge is 0.479 e. The Hall–Kier alpha value is -1.04. The van der Waals surface area contributed by atoms with Gasteiger partial charge in [0.15, 0.2) is 11.3 Å². The van der Waals surface area contributed by atoms with Gasteiger partial charge in [0.2, 0.25) is 0 Å². The molecule has 3 nitrogen and oxygen atoms in total. The number of H-pyrrole nitrogens is 1. The monoisotopic (exact) mass is 315 g/mol. The van der Waals surface area contributed by atoms with Gasteiger partial charge in [0.25, 0.3) is 0 Å². The Kier molecular flexibility index (Phi) is 2.95. The molecular weight excluding hydrogens is 305 g/mol. The minimum atomic E-state index is -0.00860. The second kappa shape index (κ2) is 4.22. The van der Waals surface area contributed by atoms with E-state index in [0.717, 1.165) is 9.09 Å². The maximum atomic E-state index is 11.7. The number of aromatic nitrogens is 1. The van der Waals surface area contributed by atoms with Gasteiger partial charge in [-0.2, -0.15) is 0 Å². The second-order valence-electron chi connectivity index (χ2n) is 3.09. The van der Waals surface area contributed by atoms with Crippen LogP contribution in [0, 0.1) is 3.57 Å². The molecule has 0 saturated carbocycles. The molecule has 2 aromatic rings. The van der Waals surface area contributed by atoms with Crippen molar-refractivity contribution < 1.29 is 4.74 Å². The van der Waals surface area contributed by atoms with Crippen molar-refractivity contribution in [3.05, 3.63) is 38.1 Å². The van der Waals surface area contributed by atoms with Crippen molar-refractivity contribution in [2.24, 2.45) is 0 Å². The Labute approximate surface area is 101 Å². The molecule has 0 spiro atoms. The summed E-state index contributed by atoms with van der Waals surface area (Å²) in [6, 6.07) is 7.13. The van der Waals surface area contributed by atoms with E-state index in [2.05, 4.69) is 27.6 Å². The van der Waals surface area contributed by atoms with Gasteiger partial charge < -0.3 is 9.72 Å². The van der Waals surface area contributed by atoms with Crippen LogP contribution in [0.5, 0.6) is 5.88 Å². The second-order valence-corrected chi connectivity index (χ2v) is 4.26. The molecule has 0 fully saturated rings. The number of hydrogen-bond donors (Lipinski definition) is 1. The molecule has 0 radical (unpaired) electrons. The fourth-order valence-electron chi connectivity index (χ4n) is 1.45. The van der Waals surface area contributed by atoms with Gasteiger partial charge in [0.05, 0.1) is 12.1 Å². The Morgan fingerprint density at radius 2 is 2.27 bits per heavy atom. The summed E-state index contributed by atoms with van der Waals surface area (Å²) in [5.41, 5.74) is 0.833. The number of para-hydroxylation sites is 1. The quantitative estimate of drug-likeness (QED) is 0.866. The number of aromatic amines is 1. The molecule has 15 heavy (non-hydrogen) atoms. The smallest absolute Gasteiger partial charge is 0.195 e. The number of hydrogen-bond acceptors (Lipinski definition) is 2. The van der Waals surface area contributed by atoms with Crippen LogP contribution in [0.4, 0.5) is 0 Å². The first-order valence-electron chi connectivity index (χ1n) is 4.66. The molecular formula is C11H10INO2. The van der Waals surface area contributed by atoms with Crippen LogP contribution in [0.2, 0.25) is 0 Å². The van der Waals surface area contributed by atoms with Crippen molar-refractivity contribution in [1.82, 2.24) is 4.98 Å². The van der Waals surface area contributed by atoms with Crippen LogP contribution in [0.15, 0.2) is 29.1 Å². The lowest BCUT2D eigenvalue weighted by atomic mass is 10.2. The zero-order valence-electron chi connectivity index (χ0n) is 8.21. The van der Waals surface area contributed by atoms with Gasteiger partial charge in [0, 0.05) is 15.0 Å². The van der Waals surface area contributed by atoms with E-state index in [1.165, 1.54) is 6.07 Å². The van der Waals surface area contributed by atoms with Gasteiger partial charge in [0.1, 0.15) is 0 Å². The molecule has 1 N–H and O–H groups in total. The molecule has 0 aliphatic heterocycles. The number of halogens is 1. The highest BCUT2D eigenvalue weighted by molar-refractivity contribution is 14.1. The summed E-state index contributed by atoms with van der Waals surface area (Å²) in [5, 5.41) is 0.699. The van der Waals surface area contributed by atoms with Crippen molar-refractivity contribution in [3.8, 4) is 5.88 Å². The van der Waals surface area contributed by atoms with Crippen molar-refractivity contribution >= 4 is 33.5 Å². The summed E-state index contributed by atoms with van der Waals surface area (Å²) in [5.74, 6) is 0.527. The van der Waals surface area contributed by atoms with Crippen molar-refractivity contribution in [2.75, 3.05) is 6.61 Å². The molecule has 4 heteroatoms. The van der Waals surface area contributed by atoms with Gasteiger partial charge in [-0.15, -0.1) is 0 Å². The van der Waals surface area contributed by atoms with Gasteiger partial charge in [-0.1, -0.05) is 6.07 Å². The average Bonchev–Trinajstić information content (AvgIpc) is 2.20. The Morgan fingerprint density at radius 3 is 3.00 bits per heavy atom. The molecule has 0 amide bonds. The number of benzene rings is 1. The third-order valence-electron chi connectivity index (χ3n) is 2.09. The summed E-state index contributed by atoms with van der Waals surface area (Å²) in [7, 11) is 0. The van der Waals surface area contributed by atoms with E-state index in [-0.39, 0.29) is 5.43 Å². The lowest BCUT2D eigenvalue weighted by Gasteiger charge is -2.05. The molecule has 2 rings (SSSR count). The third-order valence-corrected chi connectivity index (χ3v) is 2.99. The average molecular weight is 315 g/mol. The van der Waals surface area contributed by atoms with Crippen LogP contribution in [0.25, 0.3) is 10.9 Å². The Balaban J connectivity index is 2.74. The fourth-order valence-corrected chi connectivity index (χ4v) is 2.08. The van der Waals surface area contributed by atoms with Gasteiger partial charge in [-0.25, -0.2) is 0 Å².